The molecule has 9 rings (SSSR count). The van der Waals surface area contributed by atoms with Crippen LogP contribution in [0.15, 0.2) is 114 Å². The largest absolute Gasteiger partial charge is 0.494 e. The first-order chi connectivity index (χ1) is 49.4. The van der Waals surface area contributed by atoms with Crippen LogP contribution >= 0.6 is 22.7 Å². The number of para-hydroxylation sites is 2. The third kappa shape index (κ3) is 19.4. The van der Waals surface area contributed by atoms with Gasteiger partial charge in [0, 0.05) is 77.6 Å². The monoisotopic (exact) mass is 1490 g/mol. The Morgan fingerprint density at radius 2 is 0.913 bits per heavy atom. The van der Waals surface area contributed by atoms with Crippen LogP contribution in [0.25, 0.3) is 12.2 Å². The summed E-state index contributed by atoms with van der Waals surface area (Å²) in [5.41, 5.74) is 1.18. The number of aliphatic hydroxyl groups is 2. The van der Waals surface area contributed by atoms with E-state index in [0.717, 1.165) is 73.3 Å². The van der Waals surface area contributed by atoms with Gasteiger partial charge < -0.3 is 65.5 Å². The van der Waals surface area contributed by atoms with Gasteiger partial charge in [-0.25, -0.2) is 0 Å². The third-order valence-corrected chi connectivity index (χ3v) is 20.2. The van der Waals surface area contributed by atoms with Crippen LogP contribution in [0.1, 0.15) is 89.8 Å². The van der Waals surface area contributed by atoms with Gasteiger partial charge in [0.15, 0.2) is 11.6 Å². The summed E-state index contributed by atoms with van der Waals surface area (Å²) in [6.45, 7) is 14.3. The maximum Gasteiger partial charge on any atom is 0.296 e. The zero-order chi connectivity index (χ0) is 74.1. The highest BCUT2D eigenvalue weighted by Crippen LogP contribution is 2.45. The molecule has 0 saturated carbocycles. The average Bonchev–Trinajstić information content (AvgIpc) is 1.58. The van der Waals surface area contributed by atoms with Crippen LogP contribution < -0.4 is 55.2 Å². The predicted octanol–water partition coefficient (Wildman–Crippen LogP) is 11.3. The number of hydrogen-bond acceptors (Lipinski definition) is 30. The van der Waals surface area contributed by atoms with Crippen molar-refractivity contribution in [2.75, 3.05) is 139 Å². The van der Waals surface area contributed by atoms with E-state index in [1.54, 1.807) is 29.2 Å². The molecule has 0 spiro atoms. The van der Waals surface area contributed by atoms with Crippen molar-refractivity contribution in [1.29, 1.82) is 0 Å². The van der Waals surface area contributed by atoms with E-state index < -0.39 is 53.4 Å². The van der Waals surface area contributed by atoms with Gasteiger partial charge in [-0.05, 0) is 129 Å². The fourth-order valence-corrected chi connectivity index (χ4v) is 14.5. The fourth-order valence-electron chi connectivity index (χ4n) is 11.5. The summed E-state index contributed by atoms with van der Waals surface area (Å²) in [5, 5.41) is 51.4. The summed E-state index contributed by atoms with van der Waals surface area (Å²) in [5.74, 6) is -1.54. The number of thiazole rings is 2. The lowest BCUT2D eigenvalue weighted by Gasteiger charge is -2.27. The number of rotatable bonds is 33. The van der Waals surface area contributed by atoms with Gasteiger partial charge in [0.25, 0.3) is 32.1 Å². The van der Waals surface area contributed by atoms with E-state index in [0.29, 0.717) is 108 Å². The number of Topliss-reactive ketones (excluding diaryl/α,β-unsaturated/α-hetero) is 2. The van der Waals surface area contributed by atoms with E-state index in [1.165, 1.54) is 76.6 Å². The third-order valence-electron chi connectivity index (χ3n) is 16.6. The summed E-state index contributed by atoms with van der Waals surface area (Å²) < 4.78 is 80.9. The minimum absolute atomic E-state index is 0.0123. The van der Waals surface area contributed by atoms with Crippen molar-refractivity contribution in [2.24, 2.45) is 20.5 Å². The number of carbonyl (C=O) groups is 4. The molecule has 4 aromatic carbocycles. The number of ether oxygens (including phenoxy) is 2. The summed E-state index contributed by atoms with van der Waals surface area (Å²) >= 11 is 2.08. The molecule has 7 aromatic rings. The number of benzene rings is 4. The van der Waals surface area contributed by atoms with Crippen LogP contribution in [0, 0.1) is 0 Å². The van der Waals surface area contributed by atoms with E-state index in [9.17, 15) is 55.3 Å². The molecule has 548 valence electrons. The standard InChI is InChI=1S/C67H82N18O14S4/c1-9-81(10-2)51-37-47(49(39-53(51)98-7)77-79-66-72-59(83-27-19-13-20-28-83)55(100-66)35-43(41(5)88)61(90)68-45-23-15-17-25-57(45)102(92,93)94)70-63-74-64(76-65(75-63)85(31-33-86)32-34-87)71-48-38-52(82(11-3)12-4)54(99-8)40-50(48)78-80-67-73-60(84-29-21-14-22-30-84)56(101-67)36-44(42(6)89)62(91)69-46-24-16-18-26-58(46)103(95,96)97/h15-18,23-26,35-40,86-87H,9-14,19-22,27-34H2,1-8H3,(H,68,90)(H,69,91)(H,92,93,94)(H,95,96,97)(H2,70,71,74,75,76)/b43-35+,44-36?,79-77+,80-78+. The second-order valence-corrected chi connectivity index (χ2v) is 28.1. The molecular weight excluding hydrogens is 1410 g/mol. The highest BCUT2D eigenvalue weighted by Gasteiger charge is 2.29. The number of carbonyl (C=O) groups excluding carboxylic acids is 4. The van der Waals surface area contributed by atoms with Crippen molar-refractivity contribution in [2.45, 2.75) is 89.9 Å². The molecule has 0 atom stereocenters. The topological polar surface area (TPSA) is 414 Å². The smallest absolute Gasteiger partial charge is 0.296 e. The zero-order valence-electron chi connectivity index (χ0n) is 58.1. The minimum atomic E-state index is -4.77. The number of methoxy groups -OCH3 is 2. The Kier molecular flexibility index (Phi) is 26.5. The lowest BCUT2D eigenvalue weighted by molar-refractivity contribution is -0.120. The summed E-state index contributed by atoms with van der Waals surface area (Å²) in [6.07, 6.45) is 8.04. The van der Waals surface area contributed by atoms with Gasteiger partial charge in [0.05, 0.1) is 82.5 Å². The molecule has 2 saturated heterocycles. The number of piperidine rings is 2. The van der Waals surface area contributed by atoms with E-state index >= 15 is 0 Å². The van der Waals surface area contributed by atoms with Gasteiger partial charge in [-0.15, -0.1) is 20.5 Å². The van der Waals surface area contributed by atoms with Crippen LogP contribution in [0.5, 0.6) is 11.5 Å². The lowest BCUT2D eigenvalue weighted by Crippen LogP contribution is -2.31. The number of hydrogen-bond donors (Lipinski definition) is 8. The molecule has 3 aromatic heterocycles. The Balaban J connectivity index is 1.14. The van der Waals surface area contributed by atoms with Gasteiger partial charge in [-0.3, -0.25) is 28.3 Å². The van der Waals surface area contributed by atoms with Crippen LogP contribution in [-0.2, 0) is 39.4 Å². The van der Waals surface area contributed by atoms with E-state index in [2.05, 4.69) is 41.3 Å². The summed E-state index contributed by atoms with van der Waals surface area (Å²) in [7, 11) is -6.49. The molecular formula is C67H82N18O14S4. The van der Waals surface area contributed by atoms with Crippen LogP contribution in [0.4, 0.5) is 85.2 Å². The average molecular weight is 1490 g/mol. The van der Waals surface area contributed by atoms with Crippen molar-refractivity contribution in [3.05, 3.63) is 93.7 Å². The summed E-state index contributed by atoms with van der Waals surface area (Å²) in [6, 6.07) is 17.4. The van der Waals surface area contributed by atoms with Gasteiger partial charge in [-0.2, -0.15) is 41.8 Å². The maximum absolute atomic E-state index is 13.9. The normalized spacial score (nSPS) is 13.9. The first-order valence-electron chi connectivity index (χ1n) is 33.2. The molecule has 0 bridgehead atoms. The van der Waals surface area contributed by atoms with E-state index in [4.69, 9.17) is 44.6 Å². The van der Waals surface area contributed by atoms with Crippen LogP contribution in [0.3, 0.4) is 0 Å². The van der Waals surface area contributed by atoms with Crippen molar-refractivity contribution in [3.8, 4) is 11.5 Å². The molecule has 32 nitrogen and oxygen atoms in total. The Hall–Kier alpha value is -9.95. The Bertz CT molecular complexity index is 4320. The number of ketones is 2. The van der Waals surface area contributed by atoms with Gasteiger partial charge in [0.1, 0.15) is 44.3 Å². The maximum atomic E-state index is 13.9. The SMILES string of the molecule is CCN(CC)c1cc(Nc2nc(Nc3cc(N(CC)CC)c(OC)cc3/N=N/c3nc(N4CCCCC4)c(/C=C(\C(C)=O)C(=O)Nc4ccccc4S(=O)(=O)O)s3)nc(N(CCO)CCO)n2)c(/N=N/c2nc(N3CCCCC3)c(C=C(C(C)=O)C(=O)Nc3ccccc3S(=O)(=O)O)s2)cc1OC. The predicted molar refractivity (Wildman–Crippen MR) is 398 cm³/mol. The molecule has 0 radical (unpaired) electrons. The number of nitrogens with zero attached hydrogens (tertiary/aromatic N) is 14. The first-order valence-corrected chi connectivity index (χ1v) is 37.7. The van der Waals surface area contributed by atoms with E-state index in [1.807, 2.05) is 37.5 Å². The number of anilines is 11. The molecule has 2 fully saturated rings. The molecule has 8 N–H and O–H groups in total. The Morgan fingerprint density at radius 1 is 0.534 bits per heavy atom. The number of amides is 2. The quantitative estimate of drug-likeness (QED) is 0.00623. The lowest BCUT2D eigenvalue weighted by atomic mass is 10.1. The molecule has 0 unspecified atom stereocenters. The molecule has 5 heterocycles. The number of nitrogens with one attached hydrogen (secondary N) is 4. The number of azo groups is 2. The summed E-state index contributed by atoms with van der Waals surface area (Å²) in [4.78, 5) is 88.2. The van der Waals surface area contributed by atoms with Crippen LogP contribution in [-0.4, -0.2) is 177 Å². The Labute approximate surface area is 604 Å². The van der Waals surface area contributed by atoms with Crippen molar-refractivity contribution in [3.63, 3.8) is 0 Å². The van der Waals surface area contributed by atoms with Gasteiger partial charge in [-0.1, -0.05) is 46.9 Å². The van der Waals surface area contributed by atoms with Crippen molar-refractivity contribution < 1.29 is 64.8 Å². The molecule has 2 amide bonds. The Morgan fingerprint density at radius 3 is 1.25 bits per heavy atom. The second kappa shape index (κ2) is 35.3. The van der Waals surface area contributed by atoms with Crippen molar-refractivity contribution in [1.82, 2.24) is 24.9 Å². The van der Waals surface area contributed by atoms with Crippen molar-refractivity contribution >= 4 is 164 Å². The molecule has 2 aliphatic rings. The first kappa shape index (κ1) is 77.2. The van der Waals surface area contributed by atoms with Gasteiger partial charge >= 0.3 is 0 Å². The highest BCUT2D eigenvalue weighted by molar-refractivity contribution is 7.86. The minimum Gasteiger partial charge on any atom is -0.494 e. The van der Waals surface area contributed by atoms with Gasteiger partial charge in [0.2, 0.25) is 28.1 Å². The second-order valence-electron chi connectivity index (χ2n) is 23.3. The zero-order valence-corrected chi connectivity index (χ0v) is 61.3. The molecule has 103 heavy (non-hydrogen) atoms. The molecule has 0 aliphatic carbocycles. The highest BCUT2D eigenvalue weighted by atomic mass is 32.2. The number of aromatic nitrogens is 5. The molecule has 2 aliphatic heterocycles. The molecule has 36 heteroatoms. The number of aliphatic hydroxyl groups excluding tert-OH is 2. The fraction of sp³-hybridized carbons (Fsp3) is 0.388. The van der Waals surface area contributed by atoms with Crippen LogP contribution in [0.2, 0.25) is 0 Å². The van der Waals surface area contributed by atoms with E-state index in [-0.39, 0.29) is 88.3 Å².